The van der Waals surface area contributed by atoms with Crippen molar-refractivity contribution >= 4 is 11.6 Å². The van der Waals surface area contributed by atoms with Gasteiger partial charge in [0.1, 0.15) is 0 Å². The number of hydrogen-bond acceptors (Lipinski definition) is 2. The van der Waals surface area contributed by atoms with Gasteiger partial charge in [0.25, 0.3) is 0 Å². The molecule has 2 aromatic carbocycles. The van der Waals surface area contributed by atoms with Crippen LogP contribution in [0.1, 0.15) is 35.4 Å². The van der Waals surface area contributed by atoms with Crippen LogP contribution in [-0.2, 0) is 12.8 Å². The van der Waals surface area contributed by atoms with E-state index in [1.807, 2.05) is 18.2 Å². The van der Waals surface area contributed by atoms with Crippen molar-refractivity contribution < 1.29 is 0 Å². The third-order valence-electron chi connectivity index (χ3n) is 4.46. The second-order valence-corrected chi connectivity index (χ2v) is 6.24. The van der Waals surface area contributed by atoms with E-state index in [0.717, 1.165) is 11.4 Å². The minimum absolute atomic E-state index is 0.241. The van der Waals surface area contributed by atoms with Crippen LogP contribution in [0.3, 0.4) is 0 Å². The van der Waals surface area contributed by atoms with E-state index in [4.69, 9.17) is 17.4 Å². The molecule has 0 aromatic heterocycles. The molecular weight excluding hydrogens is 280 g/mol. The molecule has 2 atom stereocenters. The molecule has 2 unspecified atom stereocenters. The van der Waals surface area contributed by atoms with E-state index in [-0.39, 0.29) is 6.04 Å². The Morgan fingerprint density at radius 3 is 2.86 bits per heavy atom. The van der Waals surface area contributed by atoms with Gasteiger partial charge in [-0.05, 0) is 54.5 Å². The van der Waals surface area contributed by atoms with Gasteiger partial charge in [0, 0.05) is 17.0 Å². The highest BCUT2D eigenvalue weighted by Crippen LogP contribution is 2.34. The molecule has 0 saturated carbocycles. The van der Waals surface area contributed by atoms with Gasteiger partial charge in [-0.1, -0.05) is 48.0 Å². The van der Waals surface area contributed by atoms with E-state index in [9.17, 15) is 0 Å². The molecule has 0 amide bonds. The molecule has 3 heteroatoms. The van der Waals surface area contributed by atoms with Crippen molar-refractivity contribution in [3.63, 3.8) is 0 Å². The maximum atomic E-state index is 6.09. The Bertz CT molecular complexity index is 612. The van der Waals surface area contributed by atoms with Crippen molar-refractivity contribution in [2.75, 3.05) is 0 Å². The molecule has 3 rings (SSSR count). The summed E-state index contributed by atoms with van der Waals surface area (Å²) < 4.78 is 0. The summed E-state index contributed by atoms with van der Waals surface area (Å²) in [6, 6.07) is 17.0. The van der Waals surface area contributed by atoms with Gasteiger partial charge in [-0.15, -0.1) is 0 Å². The Labute approximate surface area is 131 Å². The second-order valence-electron chi connectivity index (χ2n) is 5.80. The van der Waals surface area contributed by atoms with Crippen LogP contribution in [0.2, 0.25) is 5.02 Å². The van der Waals surface area contributed by atoms with Gasteiger partial charge >= 0.3 is 0 Å². The van der Waals surface area contributed by atoms with Crippen LogP contribution in [0.5, 0.6) is 0 Å². The van der Waals surface area contributed by atoms with Crippen molar-refractivity contribution in [3.05, 3.63) is 70.2 Å². The fraction of sp³-hybridized carbons (Fsp3) is 0.333. The van der Waals surface area contributed by atoms with Crippen LogP contribution in [0.4, 0.5) is 0 Å². The lowest BCUT2D eigenvalue weighted by Crippen LogP contribution is -2.42. The summed E-state index contributed by atoms with van der Waals surface area (Å²) >= 11 is 6.09. The van der Waals surface area contributed by atoms with Crippen molar-refractivity contribution in [3.8, 4) is 0 Å². The van der Waals surface area contributed by atoms with Gasteiger partial charge < -0.3 is 0 Å². The third kappa shape index (κ3) is 3.29. The average molecular weight is 301 g/mol. The van der Waals surface area contributed by atoms with Crippen molar-refractivity contribution in [1.82, 2.24) is 5.43 Å². The lowest BCUT2D eigenvalue weighted by molar-refractivity contribution is 0.395. The minimum atomic E-state index is 0.241. The summed E-state index contributed by atoms with van der Waals surface area (Å²) in [5.74, 6) is 6.33. The standard InChI is InChI=1S/C18H21ClN2/c19-15-8-3-5-13(11-15)12-18(21-20)17-10-4-7-14-6-1-2-9-16(14)17/h1-3,5-6,8-9,11,17-18,21H,4,7,10,12,20H2. The first-order valence-corrected chi connectivity index (χ1v) is 7.94. The molecule has 0 aliphatic heterocycles. The smallest absolute Gasteiger partial charge is 0.0408 e. The zero-order valence-electron chi connectivity index (χ0n) is 12.1. The zero-order chi connectivity index (χ0) is 14.7. The first kappa shape index (κ1) is 14.6. The maximum Gasteiger partial charge on any atom is 0.0408 e. The van der Waals surface area contributed by atoms with E-state index < -0.39 is 0 Å². The van der Waals surface area contributed by atoms with E-state index in [2.05, 4.69) is 35.8 Å². The van der Waals surface area contributed by atoms with E-state index in [1.165, 1.54) is 36.0 Å². The summed E-state index contributed by atoms with van der Waals surface area (Å²) in [7, 11) is 0. The molecule has 110 valence electrons. The number of benzene rings is 2. The molecule has 1 aliphatic carbocycles. The SMILES string of the molecule is NNC(Cc1cccc(Cl)c1)C1CCCc2ccccc21. The predicted octanol–water partition coefficient (Wildman–Crippen LogP) is 3.83. The first-order valence-electron chi connectivity index (χ1n) is 7.56. The molecule has 2 aromatic rings. The normalized spacial score (nSPS) is 19.0. The van der Waals surface area contributed by atoms with Crippen molar-refractivity contribution in [1.29, 1.82) is 0 Å². The Kier molecular flexibility index (Phi) is 4.59. The van der Waals surface area contributed by atoms with Gasteiger partial charge in [0.05, 0.1) is 0 Å². The van der Waals surface area contributed by atoms with Crippen LogP contribution in [-0.4, -0.2) is 6.04 Å². The zero-order valence-corrected chi connectivity index (χ0v) is 12.8. The molecule has 2 nitrogen and oxygen atoms in total. The fourth-order valence-corrected chi connectivity index (χ4v) is 3.66. The maximum absolute atomic E-state index is 6.09. The van der Waals surface area contributed by atoms with Gasteiger partial charge in [0.2, 0.25) is 0 Å². The highest BCUT2D eigenvalue weighted by atomic mass is 35.5. The van der Waals surface area contributed by atoms with E-state index >= 15 is 0 Å². The largest absolute Gasteiger partial charge is 0.271 e. The number of halogens is 1. The Morgan fingerprint density at radius 2 is 2.05 bits per heavy atom. The quantitative estimate of drug-likeness (QED) is 0.665. The van der Waals surface area contributed by atoms with Gasteiger partial charge in [0.15, 0.2) is 0 Å². The fourth-order valence-electron chi connectivity index (χ4n) is 3.44. The third-order valence-corrected chi connectivity index (χ3v) is 4.70. The molecule has 0 fully saturated rings. The van der Waals surface area contributed by atoms with Crippen LogP contribution >= 0.6 is 11.6 Å². The highest BCUT2D eigenvalue weighted by molar-refractivity contribution is 6.30. The van der Waals surface area contributed by atoms with Crippen molar-refractivity contribution in [2.24, 2.45) is 5.84 Å². The lowest BCUT2D eigenvalue weighted by atomic mass is 9.77. The molecule has 1 aliphatic rings. The lowest BCUT2D eigenvalue weighted by Gasteiger charge is -2.32. The number of hydrogen-bond donors (Lipinski definition) is 2. The Balaban J connectivity index is 1.84. The summed E-state index contributed by atoms with van der Waals surface area (Å²) in [5, 5.41) is 0.785. The predicted molar refractivity (Wildman–Crippen MR) is 88.4 cm³/mol. The first-order chi connectivity index (χ1) is 10.3. The van der Waals surface area contributed by atoms with Gasteiger partial charge in [-0.2, -0.15) is 0 Å². The second kappa shape index (κ2) is 6.61. The number of rotatable bonds is 4. The monoisotopic (exact) mass is 300 g/mol. The van der Waals surface area contributed by atoms with Crippen LogP contribution in [0.25, 0.3) is 0 Å². The van der Waals surface area contributed by atoms with Crippen LogP contribution in [0, 0.1) is 0 Å². The van der Waals surface area contributed by atoms with Gasteiger partial charge in [-0.25, -0.2) is 0 Å². The molecule has 0 spiro atoms. The van der Waals surface area contributed by atoms with E-state index in [1.54, 1.807) is 0 Å². The summed E-state index contributed by atoms with van der Waals surface area (Å²) in [4.78, 5) is 0. The molecule has 0 bridgehead atoms. The number of nitrogens with one attached hydrogen (secondary N) is 1. The molecule has 0 saturated heterocycles. The number of nitrogens with two attached hydrogens (primary N) is 1. The van der Waals surface area contributed by atoms with Gasteiger partial charge in [-0.3, -0.25) is 11.3 Å². The molecule has 0 radical (unpaired) electrons. The Hall–Kier alpha value is -1.35. The topological polar surface area (TPSA) is 38.0 Å². The number of hydrazine groups is 1. The molecule has 3 N–H and O–H groups in total. The molecule has 21 heavy (non-hydrogen) atoms. The summed E-state index contributed by atoms with van der Waals surface area (Å²) in [5.41, 5.74) is 7.19. The van der Waals surface area contributed by atoms with Crippen molar-refractivity contribution in [2.45, 2.75) is 37.6 Å². The van der Waals surface area contributed by atoms with E-state index in [0.29, 0.717) is 5.92 Å². The average Bonchev–Trinajstić information content (AvgIpc) is 2.52. The number of aryl methyl sites for hydroxylation is 1. The summed E-state index contributed by atoms with van der Waals surface area (Å²) in [6.07, 6.45) is 4.50. The summed E-state index contributed by atoms with van der Waals surface area (Å²) in [6.45, 7) is 0. The highest BCUT2D eigenvalue weighted by Gasteiger charge is 2.27. The Morgan fingerprint density at radius 1 is 1.19 bits per heavy atom. The van der Waals surface area contributed by atoms with Crippen LogP contribution in [0.15, 0.2) is 48.5 Å². The molecular formula is C18H21ClN2. The molecule has 0 heterocycles. The minimum Gasteiger partial charge on any atom is -0.271 e. The number of fused-ring (bicyclic) bond motifs is 1. The van der Waals surface area contributed by atoms with Crippen LogP contribution < -0.4 is 11.3 Å².